The molecular formula is C17H28N2O2. The number of aliphatic hydroxyl groups excluding tert-OH is 1. The van der Waals surface area contributed by atoms with Gasteiger partial charge in [0.15, 0.2) is 0 Å². The first kappa shape index (κ1) is 17.7. The number of aliphatic hydroxyl groups is 1. The first-order valence-electron chi connectivity index (χ1n) is 7.46. The van der Waals surface area contributed by atoms with E-state index in [1.807, 2.05) is 24.3 Å². The summed E-state index contributed by atoms with van der Waals surface area (Å²) in [5.41, 5.74) is 2.00. The van der Waals surface area contributed by atoms with Gasteiger partial charge in [-0.25, -0.2) is 0 Å². The third kappa shape index (κ3) is 7.25. The Balaban J connectivity index is 2.55. The number of carbonyl (C=O) groups is 1. The molecule has 0 fully saturated rings. The maximum Gasteiger partial charge on any atom is 0.221 e. The first-order valence-corrected chi connectivity index (χ1v) is 7.46. The molecule has 1 rings (SSSR count). The number of anilines is 1. The molecule has 2 unspecified atom stereocenters. The molecule has 0 aliphatic carbocycles. The Kier molecular flexibility index (Phi) is 6.37. The lowest BCUT2D eigenvalue weighted by Gasteiger charge is -2.24. The molecule has 0 saturated carbocycles. The van der Waals surface area contributed by atoms with Crippen LogP contribution in [0.4, 0.5) is 5.69 Å². The number of amides is 1. The molecule has 1 aromatic carbocycles. The zero-order valence-electron chi connectivity index (χ0n) is 13.7. The molecule has 118 valence electrons. The van der Waals surface area contributed by atoms with E-state index in [-0.39, 0.29) is 23.5 Å². The molecular weight excluding hydrogens is 264 g/mol. The van der Waals surface area contributed by atoms with Crippen molar-refractivity contribution in [3.8, 4) is 0 Å². The van der Waals surface area contributed by atoms with Crippen LogP contribution in [0.3, 0.4) is 0 Å². The molecule has 3 N–H and O–H groups in total. The van der Waals surface area contributed by atoms with E-state index in [4.69, 9.17) is 0 Å². The van der Waals surface area contributed by atoms with Crippen molar-refractivity contribution in [3.05, 3.63) is 29.8 Å². The minimum atomic E-state index is -0.356. The van der Waals surface area contributed by atoms with Crippen molar-refractivity contribution in [2.24, 2.45) is 5.41 Å². The average molecular weight is 292 g/mol. The molecule has 4 nitrogen and oxygen atoms in total. The third-order valence-corrected chi connectivity index (χ3v) is 3.21. The van der Waals surface area contributed by atoms with Crippen LogP contribution in [-0.2, 0) is 4.79 Å². The van der Waals surface area contributed by atoms with Crippen molar-refractivity contribution in [1.82, 2.24) is 5.32 Å². The van der Waals surface area contributed by atoms with Crippen molar-refractivity contribution < 1.29 is 9.90 Å². The van der Waals surface area contributed by atoms with E-state index >= 15 is 0 Å². The number of hydrogen-bond donors (Lipinski definition) is 3. The second-order valence-electron chi connectivity index (χ2n) is 6.86. The quantitative estimate of drug-likeness (QED) is 0.755. The van der Waals surface area contributed by atoms with Crippen LogP contribution in [0.5, 0.6) is 0 Å². The number of hydrogen-bond acceptors (Lipinski definition) is 3. The summed E-state index contributed by atoms with van der Waals surface area (Å²) in [6, 6.07) is 7.87. The van der Waals surface area contributed by atoms with E-state index in [0.717, 1.165) is 17.7 Å². The fraction of sp³-hybridized carbons (Fsp3) is 0.588. The summed E-state index contributed by atoms with van der Waals surface area (Å²) in [5, 5.41) is 16.2. The van der Waals surface area contributed by atoms with E-state index < -0.39 is 0 Å². The molecule has 21 heavy (non-hydrogen) atoms. The van der Waals surface area contributed by atoms with Crippen LogP contribution < -0.4 is 10.6 Å². The van der Waals surface area contributed by atoms with Crippen molar-refractivity contribution in [2.45, 2.75) is 53.2 Å². The predicted molar refractivity (Wildman–Crippen MR) is 87.2 cm³/mol. The zero-order chi connectivity index (χ0) is 16.0. The smallest absolute Gasteiger partial charge is 0.221 e. The highest BCUT2D eigenvalue weighted by Gasteiger charge is 2.17. The van der Waals surface area contributed by atoms with Gasteiger partial charge in [-0.15, -0.1) is 0 Å². The SMILES string of the molecule is CC(=O)Nc1cccc(C(C)NCC(O)CC(C)(C)C)c1. The van der Waals surface area contributed by atoms with Gasteiger partial charge in [0.05, 0.1) is 6.10 Å². The number of rotatable bonds is 6. The Morgan fingerprint density at radius 2 is 2.00 bits per heavy atom. The highest BCUT2D eigenvalue weighted by molar-refractivity contribution is 5.88. The Morgan fingerprint density at radius 3 is 2.57 bits per heavy atom. The van der Waals surface area contributed by atoms with Gasteiger partial charge in [-0.1, -0.05) is 32.9 Å². The van der Waals surface area contributed by atoms with Crippen LogP contribution in [-0.4, -0.2) is 23.7 Å². The second-order valence-corrected chi connectivity index (χ2v) is 6.86. The van der Waals surface area contributed by atoms with Gasteiger partial charge in [-0.05, 0) is 36.5 Å². The average Bonchev–Trinajstić information content (AvgIpc) is 2.33. The molecule has 0 aliphatic heterocycles. The number of benzene rings is 1. The van der Waals surface area contributed by atoms with Gasteiger partial charge in [0, 0.05) is 25.2 Å². The molecule has 2 atom stereocenters. The molecule has 0 heterocycles. The van der Waals surface area contributed by atoms with Gasteiger partial charge in [0.1, 0.15) is 0 Å². The summed E-state index contributed by atoms with van der Waals surface area (Å²) in [6.07, 6.45) is 0.407. The van der Waals surface area contributed by atoms with Gasteiger partial charge in [-0.3, -0.25) is 4.79 Å². The van der Waals surface area contributed by atoms with Gasteiger partial charge in [0.2, 0.25) is 5.91 Å². The molecule has 4 heteroatoms. The van der Waals surface area contributed by atoms with Gasteiger partial charge in [0.25, 0.3) is 0 Å². The monoisotopic (exact) mass is 292 g/mol. The van der Waals surface area contributed by atoms with E-state index in [0.29, 0.717) is 6.54 Å². The Hall–Kier alpha value is -1.39. The van der Waals surface area contributed by atoms with Crippen molar-refractivity contribution in [2.75, 3.05) is 11.9 Å². The molecule has 1 aromatic rings. The lowest BCUT2D eigenvalue weighted by Crippen LogP contribution is -2.31. The largest absolute Gasteiger partial charge is 0.392 e. The standard InChI is InChI=1S/C17H28N2O2/c1-12(18-11-16(21)10-17(3,4)5)14-7-6-8-15(9-14)19-13(2)20/h6-9,12,16,18,21H,10-11H2,1-5H3,(H,19,20). The van der Waals surface area contributed by atoms with Crippen molar-refractivity contribution in [1.29, 1.82) is 0 Å². The van der Waals surface area contributed by atoms with Crippen molar-refractivity contribution in [3.63, 3.8) is 0 Å². The molecule has 0 aromatic heterocycles. The van der Waals surface area contributed by atoms with Gasteiger partial charge < -0.3 is 15.7 Å². The first-order chi connectivity index (χ1) is 9.67. The molecule has 0 aliphatic rings. The van der Waals surface area contributed by atoms with E-state index in [2.05, 4.69) is 38.3 Å². The summed E-state index contributed by atoms with van der Waals surface area (Å²) < 4.78 is 0. The second kappa shape index (κ2) is 7.57. The Labute approximate surface area is 128 Å². The van der Waals surface area contributed by atoms with Crippen LogP contribution >= 0.6 is 0 Å². The van der Waals surface area contributed by atoms with Gasteiger partial charge in [-0.2, -0.15) is 0 Å². The Morgan fingerprint density at radius 1 is 1.33 bits per heavy atom. The number of carbonyl (C=O) groups excluding carboxylic acids is 1. The molecule has 1 amide bonds. The lowest BCUT2D eigenvalue weighted by atomic mass is 9.89. The van der Waals surface area contributed by atoms with E-state index in [1.165, 1.54) is 6.92 Å². The highest BCUT2D eigenvalue weighted by atomic mass is 16.3. The minimum absolute atomic E-state index is 0.0756. The van der Waals surface area contributed by atoms with Crippen molar-refractivity contribution >= 4 is 11.6 Å². The normalized spacial score (nSPS) is 14.6. The van der Waals surface area contributed by atoms with Crippen LogP contribution in [0, 0.1) is 5.41 Å². The predicted octanol–water partition coefficient (Wildman–Crippen LogP) is 3.09. The summed E-state index contributed by atoms with van der Waals surface area (Å²) in [6.45, 7) is 10.5. The topological polar surface area (TPSA) is 61.4 Å². The Bertz CT molecular complexity index is 466. The van der Waals surface area contributed by atoms with Crippen LogP contribution in [0.1, 0.15) is 52.6 Å². The summed E-state index contributed by atoms with van der Waals surface area (Å²) >= 11 is 0. The highest BCUT2D eigenvalue weighted by Crippen LogP contribution is 2.21. The fourth-order valence-electron chi connectivity index (χ4n) is 2.30. The van der Waals surface area contributed by atoms with Crippen LogP contribution in [0.25, 0.3) is 0 Å². The zero-order valence-corrected chi connectivity index (χ0v) is 13.7. The summed E-state index contributed by atoms with van der Waals surface area (Å²) in [4.78, 5) is 11.1. The third-order valence-electron chi connectivity index (χ3n) is 3.21. The molecule has 0 spiro atoms. The maximum absolute atomic E-state index is 11.1. The molecule has 0 saturated heterocycles. The van der Waals surface area contributed by atoms with Crippen LogP contribution in [0.2, 0.25) is 0 Å². The minimum Gasteiger partial charge on any atom is -0.392 e. The summed E-state index contributed by atoms with van der Waals surface area (Å²) in [5.74, 6) is -0.0756. The number of nitrogens with one attached hydrogen (secondary N) is 2. The fourth-order valence-corrected chi connectivity index (χ4v) is 2.30. The van der Waals surface area contributed by atoms with Crippen LogP contribution in [0.15, 0.2) is 24.3 Å². The summed E-state index contributed by atoms with van der Waals surface area (Å²) in [7, 11) is 0. The van der Waals surface area contributed by atoms with E-state index in [1.54, 1.807) is 0 Å². The molecule has 0 bridgehead atoms. The maximum atomic E-state index is 11.1. The van der Waals surface area contributed by atoms with E-state index in [9.17, 15) is 9.90 Å². The van der Waals surface area contributed by atoms with Gasteiger partial charge >= 0.3 is 0 Å². The lowest BCUT2D eigenvalue weighted by molar-refractivity contribution is -0.114. The molecule has 0 radical (unpaired) electrons.